The number of hydrogen-bond donors (Lipinski definition) is 3. The maximum atomic E-state index is 11.0. The average molecular weight is 394 g/mol. The average Bonchev–Trinajstić information content (AvgIpc) is 2.61. The summed E-state index contributed by atoms with van der Waals surface area (Å²) in [5.41, 5.74) is 0. The zero-order valence-corrected chi connectivity index (χ0v) is 16.5. The van der Waals surface area contributed by atoms with Gasteiger partial charge in [0.05, 0.1) is 39.6 Å². The van der Waals surface area contributed by atoms with E-state index in [9.17, 15) is 9.59 Å². The van der Waals surface area contributed by atoms with Gasteiger partial charge in [-0.15, -0.1) is 0 Å². The predicted molar refractivity (Wildman–Crippen MR) is 99.2 cm³/mol. The summed E-state index contributed by atoms with van der Waals surface area (Å²) in [6, 6.07) is 0. The highest BCUT2D eigenvalue weighted by molar-refractivity contribution is 5.91. The van der Waals surface area contributed by atoms with Crippen LogP contribution in [0.2, 0.25) is 0 Å². The monoisotopic (exact) mass is 394 g/mol. The van der Waals surface area contributed by atoms with Crippen LogP contribution in [0.15, 0.2) is 12.2 Å². The quantitative estimate of drug-likeness (QED) is 0.254. The summed E-state index contributed by atoms with van der Waals surface area (Å²) in [4.78, 5) is 31.1. The van der Waals surface area contributed by atoms with Crippen molar-refractivity contribution in [3.8, 4) is 0 Å². The number of esters is 2. The molecule has 0 spiro atoms. The number of unbranched alkanes of at least 4 members (excludes halogenated alkanes) is 2. The number of rotatable bonds is 12. The van der Waals surface area contributed by atoms with Crippen LogP contribution in [0.1, 0.15) is 46.5 Å². The zero-order valence-electron chi connectivity index (χ0n) is 16.5. The molecule has 9 heteroatoms. The van der Waals surface area contributed by atoms with Crippen molar-refractivity contribution >= 4 is 17.9 Å². The summed E-state index contributed by atoms with van der Waals surface area (Å²) in [7, 11) is 0. The van der Waals surface area contributed by atoms with Crippen LogP contribution in [0.25, 0.3) is 0 Å². The molecule has 0 heterocycles. The number of aliphatic carboxylic acids is 1. The molecular formula is C18H34O9. The lowest BCUT2D eigenvalue weighted by Gasteiger charge is -2.00. The van der Waals surface area contributed by atoms with Crippen LogP contribution in [0.4, 0.5) is 0 Å². The van der Waals surface area contributed by atoms with Crippen molar-refractivity contribution in [2.24, 2.45) is 0 Å². The smallest absolute Gasteiger partial charge is 0.331 e. The Morgan fingerprint density at radius 3 is 1.37 bits per heavy atom. The number of ether oxygens (including phenoxy) is 3. The lowest BCUT2D eigenvalue weighted by atomic mass is 10.4. The number of aliphatic hydroxyl groups is 2. The Kier molecular flexibility index (Phi) is 29.0. The maximum Gasteiger partial charge on any atom is 0.331 e. The Morgan fingerprint density at radius 2 is 1.11 bits per heavy atom. The first-order valence-corrected chi connectivity index (χ1v) is 8.86. The van der Waals surface area contributed by atoms with Gasteiger partial charge >= 0.3 is 11.9 Å². The molecule has 0 saturated heterocycles. The van der Waals surface area contributed by atoms with Gasteiger partial charge in [0.2, 0.25) is 0 Å². The fourth-order valence-corrected chi connectivity index (χ4v) is 1.10. The second-order valence-corrected chi connectivity index (χ2v) is 4.95. The molecule has 0 aromatic rings. The molecule has 0 saturated carbocycles. The van der Waals surface area contributed by atoms with Crippen molar-refractivity contribution < 1.29 is 43.9 Å². The van der Waals surface area contributed by atoms with Gasteiger partial charge < -0.3 is 29.5 Å². The normalized spacial score (nSPS) is 9.52. The molecule has 0 aromatic heterocycles. The third-order valence-corrected chi connectivity index (χ3v) is 2.31. The first-order chi connectivity index (χ1) is 12.8. The van der Waals surface area contributed by atoms with Crippen LogP contribution in [0, 0.1) is 0 Å². The predicted octanol–water partition coefficient (Wildman–Crippen LogP) is 1.31. The van der Waals surface area contributed by atoms with Crippen LogP contribution >= 0.6 is 0 Å². The highest BCUT2D eigenvalue weighted by Gasteiger charge is 2.00. The molecule has 0 aliphatic carbocycles. The zero-order chi connectivity index (χ0) is 21.3. The lowest BCUT2D eigenvalue weighted by molar-refractivity contribution is -0.140. The molecule has 0 unspecified atom stereocenters. The van der Waals surface area contributed by atoms with E-state index >= 15 is 0 Å². The van der Waals surface area contributed by atoms with Crippen molar-refractivity contribution in [2.45, 2.75) is 46.5 Å². The van der Waals surface area contributed by atoms with Gasteiger partial charge in [0.25, 0.3) is 5.97 Å². The molecule has 0 aliphatic heterocycles. The molecule has 0 radical (unpaired) electrons. The largest absolute Gasteiger partial charge is 0.481 e. The first kappa shape index (κ1) is 29.8. The second-order valence-electron chi connectivity index (χ2n) is 4.95. The molecule has 0 bridgehead atoms. The molecule has 160 valence electrons. The van der Waals surface area contributed by atoms with E-state index < -0.39 is 17.9 Å². The number of carbonyl (C=O) groups excluding carboxylic acids is 2. The highest BCUT2D eigenvalue weighted by Crippen LogP contribution is 1.92. The number of hydrogen-bond acceptors (Lipinski definition) is 8. The van der Waals surface area contributed by atoms with E-state index in [0.29, 0.717) is 26.4 Å². The summed E-state index contributed by atoms with van der Waals surface area (Å²) in [6.07, 6.45) is 5.81. The maximum absolute atomic E-state index is 11.0. The molecule has 0 atom stereocenters. The van der Waals surface area contributed by atoms with E-state index in [1.807, 2.05) is 13.8 Å². The highest BCUT2D eigenvalue weighted by atomic mass is 16.5. The van der Waals surface area contributed by atoms with Gasteiger partial charge in [0.15, 0.2) is 0 Å². The Balaban J connectivity index is -0.000000431. The molecule has 0 aliphatic rings. The van der Waals surface area contributed by atoms with Gasteiger partial charge in [-0.3, -0.25) is 4.79 Å². The fraction of sp³-hybridized carbons (Fsp3) is 0.722. The van der Waals surface area contributed by atoms with Crippen molar-refractivity contribution in [1.29, 1.82) is 0 Å². The minimum absolute atomic E-state index is 0.0278. The number of carboxylic acid groups (broad SMARTS) is 1. The third-order valence-electron chi connectivity index (χ3n) is 2.31. The van der Waals surface area contributed by atoms with Crippen molar-refractivity contribution in [3.63, 3.8) is 0 Å². The van der Waals surface area contributed by atoms with Crippen LogP contribution in [0.3, 0.4) is 0 Å². The van der Waals surface area contributed by atoms with Gasteiger partial charge in [-0.1, -0.05) is 26.7 Å². The summed E-state index contributed by atoms with van der Waals surface area (Å²) < 4.78 is 14.3. The van der Waals surface area contributed by atoms with Crippen LogP contribution in [-0.2, 0) is 28.6 Å². The molecule has 9 nitrogen and oxygen atoms in total. The van der Waals surface area contributed by atoms with Crippen LogP contribution in [0.5, 0.6) is 0 Å². The van der Waals surface area contributed by atoms with Gasteiger partial charge in [0.1, 0.15) is 0 Å². The van der Waals surface area contributed by atoms with Crippen LogP contribution in [-0.4, -0.2) is 72.9 Å². The summed E-state index contributed by atoms with van der Waals surface area (Å²) in [6.45, 7) is 6.58. The van der Waals surface area contributed by atoms with Gasteiger partial charge in [0, 0.05) is 19.1 Å². The third kappa shape index (κ3) is 40.2. The Labute approximate surface area is 160 Å². The molecular weight excluding hydrogens is 360 g/mol. The van der Waals surface area contributed by atoms with E-state index in [1.54, 1.807) is 0 Å². The Hall–Kier alpha value is -1.97. The van der Waals surface area contributed by atoms with E-state index in [1.165, 1.54) is 0 Å². The van der Waals surface area contributed by atoms with Crippen molar-refractivity contribution in [1.82, 2.24) is 0 Å². The van der Waals surface area contributed by atoms with Gasteiger partial charge in [-0.05, 0) is 12.8 Å². The SMILES string of the molecule is CC(=O)O.CCCCOC(=O)C=CC(=O)OCCCC.OCCOCCO. The molecule has 0 fully saturated rings. The minimum atomic E-state index is -0.833. The van der Waals surface area contributed by atoms with E-state index in [0.717, 1.165) is 44.8 Å². The van der Waals surface area contributed by atoms with Crippen molar-refractivity contribution in [2.75, 3.05) is 39.6 Å². The van der Waals surface area contributed by atoms with E-state index in [4.69, 9.17) is 29.6 Å². The van der Waals surface area contributed by atoms with Crippen LogP contribution < -0.4 is 0 Å². The molecule has 0 aromatic carbocycles. The first-order valence-electron chi connectivity index (χ1n) is 8.86. The standard InChI is InChI=1S/C12H20O4.C4H10O3.C2H4O2/c1-3-5-9-15-11(13)7-8-12(14)16-10-6-4-2;5-1-3-7-4-2-6;1-2(3)4/h7-8H,3-6,9-10H2,1-2H3;5-6H,1-4H2;1H3,(H,3,4). The van der Waals surface area contributed by atoms with Gasteiger partial charge in [-0.25, -0.2) is 9.59 Å². The Morgan fingerprint density at radius 1 is 0.778 bits per heavy atom. The summed E-state index contributed by atoms with van der Waals surface area (Å²) in [5.74, 6) is -1.83. The summed E-state index contributed by atoms with van der Waals surface area (Å²) >= 11 is 0. The minimum Gasteiger partial charge on any atom is -0.481 e. The van der Waals surface area contributed by atoms with E-state index in [2.05, 4.69) is 4.74 Å². The summed E-state index contributed by atoms with van der Waals surface area (Å²) in [5, 5.41) is 23.6. The molecule has 0 amide bonds. The molecule has 3 N–H and O–H groups in total. The molecule has 27 heavy (non-hydrogen) atoms. The molecule has 0 rings (SSSR count). The Bertz CT molecular complexity index is 349. The van der Waals surface area contributed by atoms with E-state index in [-0.39, 0.29) is 13.2 Å². The fourth-order valence-electron chi connectivity index (χ4n) is 1.10. The second kappa shape index (κ2) is 26.3. The number of carbonyl (C=O) groups is 3. The topological polar surface area (TPSA) is 140 Å². The van der Waals surface area contributed by atoms with Gasteiger partial charge in [-0.2, -0.15) is 0 Å². The van der Waals surface area contributed by atoms with Crippen molar-refractivity contribution in [3.05, 3.63) is 12.2 Å². The lowest BCUT2D eigenvalue weighted by Crippen LogP contribution is -2.05. The number of aliphatic hydroxyl groups excluding tert-OH is 2. The number of carboxylic acids is 1.